The van der Waals surface area contributed by atoms with Gasteiger partial charge >= 0.3 is 5.97 Å². The van der Waals surface area contributed by atoms with Gasteiger partial charge in [0.25, 0.3) is 0 Å². The van der Waals surface area contributed by atoms with E-state index in [0.717, 1.165) is 0 Å². The summed E-state index contributed by atoms with van der Waals surface area (Å²) in [5.74, 6) is -1.36. The largest absolute Gasteiger partial charge is 0.479 e. The molecule has 0 saturated heterocycles. The van der Waals surface area contributed by atoms with E-state index in [4.69, 9.17) is 51.5 Å². The smallest absolute Gasteiger partial charge is 0.337 e. The van der Waals surface area contributed by atoms with Crippen molar-refractivity contribution in [3.05, 3.63) is 56.0 Å². The predicted octanol–water partition coefficient (Wildman–Crippen LogP) is 5.09. The first-order chi connectivity index (χ1) is 9.82. The second-order valence-electron chi connectivity index (χ2n) is 4.20. The van der Waals surface area contributed by atoms with Crippen molar-refractivity contribution in [2.45, 2.75) is 6.10 Å². The minimum absolute atomic E-state index is 0.177. The Kier molecular flexibility index (Phi) is 5.02. The first-order valence-electron chi connectivity index (χ1n) is 5.67. The van der Waals surface area contributed by atoms with Gasteiger partial charge in [-0.2, -0.15) is 0 Å². The fraction of sp³-hybridized carbons (Fsp3) is 0.0714. The first-order valence-corrected chi connectivity index (χ1v) is 7.18. The van der Waals surface area contributed by atoms with Crippen molar-refractivity contribution in [2.24, 2.45) is 0 Å². The van der Waals surface area contributed by atoms with Gasteiger partial charge in [-0.3, -0.25) is 0 Å². The Balaban J connectivity index is 2.61. The third-order valence-electron chi connectivity index (χ3n) is 2.87. The van der Waals surface area contributed by atoms with Gasteiger partial charge in [0.2, 0.25) is 0 Å². The van der Waals surface area contributed by atoms with E-state index in [1.165, 1.54) is 18.2 Å². The third-order valence-corrected chi connectivity index (χ3v) is 4.49. The normalized spacial score (nSPS) is 12.2. The maximum atomic E-state index is 10.9. The molecule has 0 aliphatic rings. The molecule has 0 fully saturated rings. The Morgan fingerprint density at radius 2 is 1.52 bits per heavy atom. The van der Waals surface area contributed by atoms with Gasteiger partial charge in [-0.05, 0) is 23.8 Å². The van der Waals surface area contributed by atoms with Crippen LogP contribution >= 0.6 is 46.4 Å². The van der Waals surface area contributed by atoms with Gasteiger partial charge in [0, 0.05) is 16.1 Å². The molecule has 1 unspecified atom stereocenters. The van der Waals surface area contributed by atoms with Crippen LogP contribution in [0.3, 0.4) is 0 Å². The molecule has 2 aromatic carbocycles. The number of benzene rings is 2. The standard InChI is InChI=1S/C14H8Cl4O3/c15-9-3-1-6(13(19)14(20)21)5-8(9)7-2-4-10(16)12(18)11(7)17/h1-5,13,19H,(H,20,21). The molecule has 0 aliphatic carbocycles. The average Bonchev–Trinajstić information content (AvgIpc) is 2.45. The van der Waals surface area contributed by atoms with Crippen molar-refractivity contribution in [1.82, 2.24) is 0 Å². The minimum Gasteiger partial charge on any atom is -0.479 e. The SMILES string of the molecule is O=C(O)C(O)c1ccc(Cl)c(-c2ccc(Cl)c(Cl)c2Cl)c1. The van der Waals surface area contributed by atoms with Crippen LogP contribution in [-0.2, 0) is 4.79 Å². The molecule has 0 aliphatic heterocycles. The molecule has 0 bridgehead atoms. The molecule has 0 saturated carbocycles. The van der Waals surface area contributed by atoms with Crippen LogP contribution in [0.15, 0.2) is 30.3 Å². The lowest BCUT2D eigenvalue weighted by Gasteiger charge is -2.12. The van der Waals surface area contributed by atoms with Crippen LogP contribution in [0.2, 0.25) is 20.1 Å². The topological polar surface area (TPSA) is 57.5 Å². The Hall–Kier alpha value is -0.970. The lowest BCUT2D eigenvalue weighted by Crippen LogP contribution is -2.10. The highest BCUT2D eigenvalue weighted by atomic mass is 35.5. The van der Waals surface area contributed by atoms with Crippen molar-refractivity contribution >= 4 is 52.4 Å². The van der Waals surface area contributed by atoms with Gasteiger partial charge in [0.05, 0.1) is 15.1 Å². The van der Waals surface area contributed by atoms with Crippen LogP contribution in [0, 0.1) is 0 Å². The molecule has 3 nitrogen and oxygen atoms in total. The molecule has 0 amide bonds. The summed E-state index contributed by atoms with van der Waals surface area (Å²) in [6.07, 6.45) is -1.65. The highest BCUT2D eigenvalue weighted by Gasteiger charge is 2.19. The number of hydrogen-bond acceptors (Lipinski definition) is 2. The number of carboxylic acid groups (broad SMARTS) is 1. The summed E-state index contributed by atoms with van der Waals surface area (Å²) in [6, 6.07) is 7.54. The van der Waals surface area contributed by atoms with Crippen molar-refractivity contribution in [1.29, 1.82) is 0 Å². The van der Waals surface area contributed by atoms with Crippen LogP contribution in [-0.4, -0.2) is 16.2 Å². The molecular formula is C14H8Cl4O3. The van der Waals surface area contributed by atoms with Gasteiger partial charge in [-0.25, -0.2) is 4.79 Å². The molecule has 2 N–H and O–H groups in total. The zero-order valence-electron chi connectivity index (χ0n) is 10.3. The predicted molar refractivity (Wildman–Crippen MR) is 84.5 cm³/mol. The molecule has 1 atom stereocenters. The van der Waals surface area contributed by atoms with Crippen LogP contribution in [0.25, 0.3) is 11.1 Å². The summed E-state index contributed by atoms with van der Waals surface area (Å²) < 4.78 is 0. The molecule has 21 heavy (non-hydrogen) atoms. The van der Waals surface area contributed by atoms with E-state index in [2.05, 4.69) is 0 Å². The lowest BCUT2D eigenvalue weighted by molar-refractivity contribution is -0.146. The number of halogens is 4. The quantitative estimate of drug-likeness (QED) is 0.745. The number of carbonyl (C=O) groups is 1. The van der Waals surface area contributed by atoms with E-state index in [1.807, 2.05) is 0 Å². The van der Waals surface area contributed by atoms with Crippen LogP contribution in [0.1, 0.15) is 11.7 Å². The monoisotopic (exact) mass is 364 g/mol. The van der Waals surface area contributed by atoms with Crippen LogP contribution < -0.4 is 0 Å². The van der Waals surface area contributed by atoms with Gasteiger partial charge in [-0.15, -0.1) is 0 Å². The summed E-state index contributed by atoms with van der Waals surface area (Å²) in [5, 5.41) is 19.5. The number of hydrogen-bond donors (Lipinski definition) is 2. The van der Waals surface area contributed by atoms with E-state index in [0.29, 0.717) is 21.2 Å². The van der Waals surface area contributed by atoms with Gasteiger partial charge in [0.1, 0.15) is 0 Å². The van der Waals surface area contributed by atoms with Crippen molar-refractivity contribution in [2.75, 3.05) is 0 Å². The average molecular weight is 366 g/mol. The zero-order chi connectivity index (χ0) is 15.7. The lowest BCUT2D eigenvalue weighted by atomic mass is 10.0. The fourth-order valence-corrected chi connectivity index (χ4v) is 2.65. The van der Waals surface area contributed by atoms with Crippen LogP contribution in [0.4, 0.5) is 0 Å². The van der Waals surface area contributed by atoms with Gasteiger partial charge in [0.15, 0.2) is 6.10 Å². The molecule has 7 heteroatoms. The summed E-state index contributed by atoms with van der Waals surface area (Å²) in [6.45, 7) is 0. The Morgan fingerprint density at radius 1 is 0.905 bits per heavy atom. The van der Waals surface area contributed by atoms with E-state index in [-0.39, 0.29) is 15.6 Å². The first kappa shape index (κ1) is 16.4. The highest BCUT2D eigenvalue weighted by molar-refractivity contribution is 6.49. The molecule has 2 rings (SSSR count). The van der Waals surface area contributed by atoms with E-state index >= 15 is 0 Å². The number of aliphatic hydroxyl groups excluding tert-OH is 1. The van der Waals surface area contributed by atoms with Gasteiger partial charge < -0.3 is 10.2 Å². The van der Waals surface area contributed by atoms with Crippen LogP contribution in [0.5, 0.6) is 0 Å². The van der Waals surface area contributed by atoms with Gasteiger partial charge in [-0.1, -0.05) is 58.5 Å². The van der Waals surface area contributed by atoms with E-state index < -0.39 is 12.1 Å². The third kappa shape index (κ3) is 3.28. The molecule has 0 spiro atoms. The summed E-state index contributed by atoms with van der Waals surface area (Å²) in [4.78, 5) is 10.9. The second kappa shape index (κ2) is 6.42. The molecule has 0 aromatic heterocycles. The Bertz CT molecular complexity index is 716. The molecule has 2 aromatic rings. The fourth-order valence-electron chi connectivity index (χ4n) is 1.80. The summed E-state index contributed by atoms with van der Waals surface area (Å²) in [5.41, 5.74) is 1.14. The Morgan fingerprint density at radius 3 is 2.14 bits per heavy atom. The number of rotatable bonds is 3. The summed E-state index contributed by atoms with van der Waals surface area (Å²) in [7, 11) is 0. The zero-order valence-corrected chi connectivity index (χ0v) is 13.3. The van der Waals surface area contributed by atoms with E-state index in [1.54, 1.807) is 12.1 Å². The Labute approximate surface area is 140 Å². The molecule has 0 radical (unpaired) electrons. The second-order valence-corrected chi connectivity index (χ2v) is 5.77. The van der Waals surface area contributed by atoms with Crippen molar-refractivity contribution < 1.29 is 15.0 Å². The van der Waals surface area contributed by atoms with E-state index in [9.17, 15) is 9.90 Å². The maximum absolute atomic E-state index is 10.9. The number of aliphatic hydroxyl groups is 1. The van der Waals surface area contributed by atoms with Crippen molar-refractivity contribution in [3.8, 4) is 11.1 Å². The minimum atomic E-state index is -1.65. The van der Waals surface area contributed by atoms with Crippen molar-refractivity contribution in [3.63, 3.8) is 0 Å². The molecule has 0 heterocycles. The highest BCUT2D eigenvalue weighted by Crippen LogP contribution is 2.41. The summed E-state index contributed by atoms with van der Waals surface area (Å²) >= 11 is 24.1. The molecular weight excluding hydrogens is 358 g/mol. The number of aliphatic carboxylic acids is 1. The number of carboxylic acids is 1. The molecule has 110 valence electrons. The maximum Gasteiger partial charge on any atom is 0.337 e.